The molecule has 0 radical (unpaired) electrons. The van der Waals surface area contributed by atoms with Gasteiger partial charge < -0.3 is 0 Å². The summed E-state index contributed by atoms with van der Waals surface area (Å²) in [5.74, 6) is 0.342. The lowest BCUT2D eigenvalue weighted by Crippen LogP contribution is -2.37. The summed E-state index contributed by atoms with van der Waals surface area (Å²) in [6.07, 6.45) is 1.70. The minimum absolute atomic E-state index is 0.0876. The zero-order chi connectivity index (χ0) is 12.6. The third kappa shape index (κ3) is 2.09. The van der Waals surface area contributed by atoms with Crippen molar-refractivity contribution in [1.29, 1.82) is 0 Å². The van der Waals surface area contributed by atoms with Crippen molar-refractivity contribution >= 4 is 21.6 Å². The van der Waals surface area contributed by atoms with Gasteiger partial charge in [0.05, 0.1) is 11.4 Å². The number of H-pyrrole nitrogens is 1. The molecule has 1 fully saturated rings. The Bertz CT molecular complexity index is 492. The number of alkyl halides is 1. The maximum atomic E-state index is 12.5. The average Bonchev–Trinajstić information content (AvgIpc) is 2.85. The van der Waals surface area contributed by atoms with Gasteiger partial charge in [-0.25, -0.2) is 8.42 Å². The summed E-state index contributed by atoms with van der Waals surface area (Å²) in [5, 5.41) is 6.65. The Hall–Kier alpha value is -0.590. The quantitative estimate of drug-likeness (QED) is 0.850. The number of aromatic nitrogens is 2. The van der Waals surface area contributed by atoms with Gasteiger partial charge in [0.2, 0.25) is 10.0 Å². The van der Waals surface area contributed by atoms with Gasteiger partial charge in [-0.05, 0) is 26.7 Å². The molecular formula is C10H16ClN3O2S. The molecule has 7 heteroatoms. The van der Waals surface area contributed by atoms with Gasteiger partial charge in [0, 0.05) is 18.5 Å². The number of halogens is 1. The van der Waals surface area contributed by atoms with E-state index < -0.39 is 10.0 Å². The van der Waals surface area contributed by atoms with Gasteiger partial charge in [-0.2, -0.15) is 9.40 Å². The first kappa shape index (κ1) is 12.9. The fourth-order valence-electron chi connectivity index (χ4n) is 2.32. The topological polar surface area (TPSA) is 66.1 Å². The molecule has 1 aliphatic heterocycles. The Balaban J connectivity index is 2.43. The molecule has 0 amide bonds. The van der Waals surface area contributed by atoms with Crippen LogP contribution in [0.15, 0.2) is 4.90 Å². The summed E-state index contributed by atoms with van der Waals surface area (Å²) in [7, 11) is -3.46. The predicted octanol–water partition coefficient (Wildman–Crippen LogP) is 1.42. The second-order valence-electron chi connectivity index (χ2n) is 4.33. The first-order valence-electron chi connectivity index (χ1n) is 5.58. The number of sulfonamides is 1. The highest BCUT2D eigenvalue weighted by Crippen LogP contribution is 2.29. The molecular weight excluding hydrogens is 262 g/mol. The number of aryl methyl sites for hydroxylation is 2. The number of hydrogen-bond acceptors (Lipinski definition) is 3. The Labute approximate surface area is 106 Å². The monoisotopic (exact) mass is 277 g/mol. The van der Waals surface area contributed by atoms with E-state index in [-0.39, 0.29) is 6.04 Å². The molecule has 2 rings (SSSR count). The Morgan fingerprint density at radius 2 is 2.24 bits per heavy atom. The van der Waals surface area contributed by atoms with Crippen molar-refractivity contribution in [3.05, 3.63) is 11.4 Å². The molecule has 1 aromatic heterocycles. The van der Waals surface area contributed by atoms with Crippen LogP contribution >= 0.6 is 11.6 Å². The molecule has 1 aliphatic rings. The van der Waals surface area contributed by atoms with E-state index in [1.54, 1.807) is 13.8 Å². The van der Waals surface area contributed by atoms with Crippen LogP contribution in [-0.4, -0.2) is 41.4 Å². The molecule has 1 unspecified atom stereocenters. The van der Waals surface area contributed by atoms with E-state index in [0.717, 1.165) is 12.8 Å². The molecule has 0 spiro atoms. The number of nitrogens with one attached hydrogen (secondary N) is 1. The lowest BCUT2D eigenvalue weighted by Gasteiger charge is -2.22. The van der Waals surface area contributed by atoms with Crippen LogP contribution in [0.4, 0.5) is 0 Å². The SMILES string of the molecule is Cc1n[nH]c(C)c1S(=O)(=O)N1CCCC1CCl. The second-order valence-corrected chi connectivity index (χ2v) is 6.47. The van der Waals surface area contributed by atoms with E-state index in [2.05, 4.69) is 10.2 Å². The van der Waals surface area contributed by atoms with Gasteiger partial charge >= 0.3 is 0 Å². The number of nitrogens with zero attached hydrogens (tertiary/aromatic N) is 2. The fraction of sp³-hybridized carbons (Fsp3) is 0.700. The van der Waals surface area contributed by atoms with Gasteiger partial charge in [-0.15, -0.1) is 11.6 Å². The minimum atomic E-state index is -3.46. The highest BCUT2D eigenvalue weighted by Gasteiger charge is 2.37. The molecule has 0 saturated carbocycles. The van der Waals surface area contributed by atoms with Gasteiger partial charge in [-0.1, -0.05) is 0 Å². The first-order valence-corrected chi connectivity index (χ1v) is 7.55. The largest absolute Gasteiger partial charge is 0.281 e. The summed E-state index contributed by atoms with van der Waals surface area (Å²) in [4.78, 5) is 0.300. The summed E-state index contributed by atoms with van der Waals surface area (Å²) in [6.45, 7) is 3.96. The van der Waals surface area contributed by atoms with Crippen LogP contribution in [0, 0.1) is 13.8 Å². The van der Waals surface area contributed by atoms with Crippen LogP contribution in [0.2, 0.25) is 0 Å². The summed E-state index contributed by atoms with van der Waals surface area (Å²) in [5.41, 5.74) is 1.10. The molecule has 0 aliphatic carbocycles. The molecule has 1 atom stereocenters. The minimum Gasteiger partial charge on any atom is -0.281 e. The molecule has 96 valence electrons. The van der Waals surface area contributed by atoms with Crippen LogP contribution in [-0.2, 0) is 10.0 Å². The lowest BCUT2D eigenvalue weighted by atomic mass is 10.3. The molecule has 17 heavy (non-hydrogen) atoms. The molecule has 0 bridgehead atoms. The second kappa shape index (κ2) is 4.59. The van der Waals surface area contributed by atoms with Gasteiger partial charge in [0.25, 0.3) is 0 Å². The average molecular weight is 278 g/mol. The summed E-state index contributed by atoms with van der Waals surface area (Å²) < 4.78 is 26.5. The van der Waals surface area contributed by atoms with Crippen molar-refractivity contribution in [2.24, 2.45) is 0 Å². The predicted molar refractivity (Wildman–Crippen MR) is 65.7 cm³/mol. The number of aromatic amines is 1. The lowest BCUT2D eigenvalue weighted by molar-refractivity contribution is 0.410. The number of hydrogen-bond donors (Lipinski definition) is 1. The normalized spacial score (nSPS) is 22.2. The Morgan fingerprint density at radius 1 is 1.53 bits per heavy atom. The summed E-state index contributed by atoms with van der Waals surface area (Å²) in [6, 6.07) is -0.0876. The van der Waals surface area contributed by atoms with Crippen molar-refractivity contribution in [3.63, 3.8) is 0 Å². The Kier molecular flexibility index (Phi) is 3.47. The third-order valence-corrected chi connectivity index (χ3v) is 5.70. The van der Waals surface area contributed by atoms with E-state index in [9.17, 15) is 8.42 Å². The van der Waals surface area contributed by atoms with Gasteiger partial charge in [-0.3, -0.25) is 5.10 Å². The first-order chi connectivity index (χ1) is 7.98. The van der Waals surface area contributed by atoms with Crippen molar-refractivity contribution in [1.82, 2.24) is 14.5 Å². The highest BCUT2D eigenvalue weighted by molar-refractivity contribution is 7.89. The molecule has 5 nitrogen and oxygen atoms in total. The zero-order valence-electron chi connectivity index (χ0n) is 9.90. The summed E-state index contributed by atoms with van der Waals surface area (Å²) >= 11 is 5.82. The van der Waals surface area contributed by atoms with E-state index in [1.165, 1.54) is 4.31 Å². The smallest absolute Gasteiger partial charge is 0.247 e. The molecule has 1 saturated heterocycles. The van der Waals surface area contributed by atoms with Gasteiger partial charge in [0.15, 0.2) is 0 Å². The van der Waals surface area contributed by atoms with E-state index in [4.69, 9.17) is 11.6 Å². The maximum Gasteiger partial charge on any atom is 0.247 e. The van der Waals surface area contributed by atoms with E-state index in [0.29, 0.717) is 28.7 Å². The highest BCUT2D eigenvalue weighted by atomic mass is 35.5. The van der Waals surface area contributed by atoms with Gasteiger partial charge in [0.1, 0.15) is 4.90 Å². The Morgan fingerprint density at radius 3 is 2.76 bits per heavy atom. The van der Waals surface area contributed by atoms with Crippen LogP contribution in [0.3, 0.4) is 0 Å². The number of rotatable bonds is 3. The third-order valence-electron chi connectivity index (χ3n) is 3.13. The zero-order valence-corrected chi connectivity index (χ0v) is 11.5. The van der Waals surface area contributed by atoms with Crippen molar-refractivity contribution in [2.75, 3.05) is 12.4 Å². The van der Waals surface area contributed by atoms with Crippen LogP contribution in [0.25, 0.3) is 0 Å². The standard InChI is InChI=1S/C10H16ClN3O2S/c1-7-10(8(2)13-12-7)17(15,16)14-5-3-4-9(14)6-11/h9H,3-6H2,1-2H3,(H,12,13). The van der Waals surface area contributed by atoms with Crippen LogP contribution in [0.1, 0.15) is 24.2 Å². The molecule has 1 aromatic rings. The van der Waals surface area contributed by atoms with E-state index >= 15 is 0 Å². The molecule has 1 N–H and O–H groups in total. The van der Waals surface area contributed by atoms with E-state index in [1.807, 2.05) is 0 Å². The van der Waals surface area contributed by atoms with Crippen molar-refractivity contribution in [2.45, 2.75) is 37.6 Å². The van der Waals surface area contributed by atoms with Crippen LogP contribution in [0.5, 0.6) is 0 Å². The maximum absolute atomic E-state index is 12.5. The van der Waals surface area contributed by atoms with Crippen molar-refractivity contribution < 1.29 is 8.42 Å². The van der Waals surface area contributed by atoms with Crippen molar-refractivity contribution in [3.8, 4) is 0 Å². The fourth-order valence-corrected chi connectivity index (χ4v) is 4.75. The molecule has 0 aromatic carbocycles. The van der Waals surface area contributed by atoms with Crippen LogP contribution < -0.4 is 0 Å². The molecule has 2 heterocycles.